The molecule has 0 radical (unpaired) electrons. The van der Waals surface area contributed by atoms with Gasteiger partial charge in [-0.1, -0.05) is 0 Å². The normalized spacial score (nSPS) is 7.00. The molecule has 0 aromatic heterocycles. The monoisotopic (exact) mass is 84.1 g/mol. The van der Waals surface area contributed by atoms with Crippen LogP contribution in [-0.4, -0.2) is 37.4 Å². The molecule has 0 aromatic rings. The fraction of sp³-hybridized carbons (Fsp3) is 1.00. The van der Waals surface area contributed by atoms with Crippen LogP contribution in [0, 0.1) is 0 Å². The van der Waals surface area contributed by atoms with Crippen LogP contribution < -0.4 is 0 Å². The van der Waals surface area contributed by atoms with Gasteiger partial charge in [-0.3, -0.25) is 0 Å². The van der Waals surface area contributed by atoms with Crippen molar-refractivity contribution in [1.82, 2.24) is 0 Å². The van der Waals surface area contributed by atoms with Gasteiger partial charge in [0, 0.05) is 6.61 Å². The van der Waals surface area contributed by atoms with E-state index < -0.39 is 0 Å². The van der Waals surface area contributed by atoms with Gasteiger partial charge in [0.25, 0.3) is 0 Å². The predicted molar refractivity (Wildman–Crippen MR) is 25.9 cm³/mol. The zero-order chi connectivity index (χ0) is 4.12. The number of aliphatic hydroxyl groups is 1. The van der Waals surface area contributed by atoms with Crippen LogP contribution in [0.25, 0.3) is 0 Å². The van der Waals surface area contributed by atoms with E-state index in [1.54, 1.807) is 0 Å². The summed E-state index contributed by atoms with van der Waals surface area (Å²) < 4.78 is 4.39. The van der Waals surface area contributed by atoms with Crippen molar-refractivity contribution in [3.63, 3.8) is 0 Å². The van der Waals surface area contributed by atoms with Crippen molar-refractivity contribution in [3.05, 3.63) is 0 Å². The third-order valence-corrected chi connectivity index (χ3v) is 0.295. The van der Waals surface area contributed by atoms with Crippen molar-refractivity contribution in [1.29, 1.82) is 0 Å². The molecule has 0 fully saturated rings. The first kappa shape index (κ1) is 9.72. The van der Waals surface area contributed by atoms with Crippen molar-refractivity contribution >= 4 is 18.9 Å². The van der Waals surface area contributed by atoms with E-state index in [0.29, 0.717) is 6.61 Å². The average molecular weight is 84.0 g/mol. The van der Waals surface area contributed by atoms with Gasteiger partial charge in [0.15, 0.2) is 0 Å². The summed E-state index contributed by atoms with van der Waals surface area (Å²) in [6.07, 6.45) is 0. The first-order valence-corrected chi connectivity index (χ1v) is 1.60. The fourth-order valence-electron chi connectivity index (χ4n) is 0.0913. The molecular weight excluding hydrogens is 75.0 g/mol. The molecular formula is C3H9LiO2. The zero-order valence-electron chi connectivity index (χ0n) is 3.27. The van der Waals surface area contributed by atoms with Crippen molar-refractivity contribution in [2.24, 2.45) is 0 Å². The molecule has 0 spiro atoms. The maximum absolute atomic E-state index is 7.84. The van der Waals surface area contributed by atoms with Crippen LogP contribution in [0.15, 0.2) is 0 Å². The van der Waals surface area contributed by atoms with Crippen LogP contribution in [0.1, 0.15) is 6.92 Å². The summed E-state index contributed by atoms with van der Waals surface area (Å²) >= 11 is 0. The molecule has 1 N–H and O–H groups in total. The number of hydrogen-bond acceptors (Lipinski definition) is 2. The molecule has 2 nitrogen and oxygen atoms in total. The molecule has 3 heteroatoms. The second-order valence-corrected chi connectivity index (χ2v) is 0.622. The van der Waals surface area contributed by atoms with Crippen LogP contribution in [0.3, 0.4) is 0 Å². The number of rotatable bonds is 2. The van der Waals surface area contributed by atoms with E-state index in [9.17, 15) is 0 Å². The molecule has 6 heavy (non-hydrogen) atoms. The van der Waals surface area contributed by atoms with Crippen molar-refractivity contribution in [3.8, 4) is 0 Å². The van der Waals surface area contributed by atoms with Gasteiger partial charge in [-0.05, 0) is 6.92 Å². The molecule has 0 aliphatic carbocycles. The van der Waals surface area contributed by atoms with Crippen LogP contribution in [0.5, 0.6) is 0 Å². The molecule has 0 unspecified atom stereocenters. The van der Waals surface area contributed by atoms with Crippen molar-refractivity contribution < 1.29 is 9.84 Å². The molecule has 0 amide bonds. The minimum atomic E-state index is -0.156. The van der Waals surface area contributed by atoms with Gasteiger partial charge in [-0.15, -0.1) is 0 Å². The van der Waals surface area contributed by atoms with Gasteiger partial charge < -0.3 is 9.84 Å². The SMILES string of the molecule is CCOCO.[LiH]. The Labute approximate surface area is 49.7 Å². The Morgan fingerprint density at radius 1 is 1.67 bits per heavy atom. The molecule has 0 heterocycles. The topological polar surface area (TPSA) is 29.5 Å². The Hall–Kier alpha value is 0.517. The van der Waals surface area contributed by atoms with Crippen molar-refractivity contribution in [2.45, 2.75) is 6.92 Å². The van der Waals surface area contributed by atoms with Gasteiger partial charge >= 0.3 is 18.9 Å². The molecule has 0 bridgehead atoms. The summed E-state index contributed by atoms with van der Waals surface area (Å²) in [5.41, 5.74) is 0. The Morgan fingerprint density at radius 2 is 2.17 bits per heavy atom. The molecule has 0 aromatic carbocycles. The van der Waals surface area contributed by atoms with E-state index in [2.05, 4.69) is 4.74 Å². The van der Waals surface area contributed by atoms with Crippen LogP contribution >= 0.6 is 0 Å². The molecule has 0 saturated heterocycles. The zero-order valence-corrected chi connectivity index (χ0v) is 3.27. The van der Waals surface area contributed by atoms with Crippen LogP contribution in [0.4, 0.5) is 0 Å². The van der Waals surface area contributed by atoms with Gasteiger partial charge in [0.05, 0.1) is 0 Å². The molecule has 0 aliphatic rings. The summed E-state index contributed by atoms with van der Waals surface area (Å²) in [6, 6.07) is 0. The van der Waals surface area contributed by atoms with E-state index in [-0.39, 0.29) is 25.7 Å². The first-order valence-electron chi connectivity index (χ1n) is 1.60. The number of aliphatic hydroxyl groups excluding tert-OH is 1. The van der Waals surface area contributed by atoms with E-state index in [0.717, 1.165) is 0 Å². The molecule has 0 aliphatic heterocycles. The van der Waals surface area contributed by atoms with E-state index in [4.69, 9.17) is 5.11 Å². The third kappa shape index (κ3) is 8.82. The van der Waals surface area contributed by atoms with E-state index in [1.165, 1.54) is 0 Å². The van der Waals surface area contributed by atoms with Gasteiger partial charge in [0.2, 0.25) is 0 Å². The van der Waals surface area contributed by atoms with Crippen LogP contribution in [0.2, 0.25) is 0 Å². The summed E-state index contributed by atoms with van der Waals surface area (Å²) in [5, 5.41) is 7.84. The summed E-state index contributed by atoms with van der Waals surface area (Å²) in [6.45, 7) is 2.27. The molecule has 0 atom stereocenters. The Bertz CT molecular complexity index is 16.3. The Kier molecular flexibility index (Phi) is 14.7. The third-order valence-electron chi connectivity index (χ3n) is 0.295. The number of hydrogen-bond donors (Lipinski definition) is 1. The summed E-state index contributed by atoms with van der Waals surface area (Å²) in [4.78, 5) is 0. The average Bonchev–Trinajstić information content (AvgIpc) is 1.41. The first-order chi connectivity index (χ1) is 2.41. The summed E-state index contributed by atoms with van der Waals surface area (Å²) in [7, 11) is 0. The Morgan fingerprint density at radius 3 is 2.17 bits per heavy atom. The van der Waals surface area contributed by atoms with E-state index >= 15 is 0 Å². The minimum absolute atomic E-state index is 0. The van der Waals surface area contributed by atoms with E-state index in [1.807, 2.05) is 6.92 Å². The standard InChI is InChI=1S/C3H8O2.Li.H/c1-2-5-3-4;;/h4H,2-3H2,1H3;;. The fourth-order valence-corrected chi connectivity index (χ4v) is 0.0913. The maximum atomic E-state index is 7.84. The molecule has 34 valence electrons. The quantitative estimate of drug-likeness (QED) is 0.355. The van der Waals surface area contributed by atoms with Crippen molar-refractivity contribution in [2.75, 3.05) is 13.4 Å². The Balaban J connectivity index is 0. The van der Waals surface area contributed by atoms with Crippen LogP contribution in [-0.2, 0) is 4.74 Å². The van der Waals surface area contributed by atoms with Gasteiger partial charge in [0.1, 0.15) is 6.79 Å². The predicted octanol–water partition coefficient (Wildman–Crippen LogP) is -0.676. The number of ether oxygens (including phenoxy) is 1. The van der Waals surface area contributed by atoms with Gasteiger partial charge in [-0.2, -0.15) is 0 Å². The second-order valence-electron chi connectivity index (χ2n) is 0.622. The summed E-state index contributed by atoms with van der Waals surface area (Å²) in [5.74, 6) is 0. The molecule has 0 rings (SSSR count). The molecule has 0 saturated carbocycles. The van der Waals surface area contributed by atoms with Gasteiger partial charge in [-0.25, -0.2) is 0 Å². The second kappa shape index (κ2) is 9.10.